The monoisotopic (exact) mass is 1210 g/mol. The second kappa shape index (κ2) is 25.0. The number of fused-ring (bicyclic) bond motifs is 10. The van der Waals surface area contributed by atoms with Crippen LogP contribution in [0, 0.1) is 57.2 Å². The molecule has 0 aromatic heterocycles. The molecule has 0 bridgehead atoms. The predicted octanol–water partition coefficient (Wildman–Crippen LogP) is 0.613. The summed E-state index contributed by atoms with van der Waals surface area (Å²) >= 11 is 0. The van der Waals surface area contributed by atoms with Crippen molar-refractivity contribution in [2.45, 2.75) is 181 Å². The van der Waals surface area contributed by atoms with Crippen LogP contribution in [0.1, 0.15) is 146 Å². The Morgan fingerprint density at radius 2 is 0.902 bits per heavy atom. The number of alkyl halides is 2. The topological polar surface area (TPSA) is 313 Å². The number of ketones is 4. The van der Waals surface area contributed by atoms with Crippen molar-refractivity contribution in [2.75, 3.05) is 13.2 Å². The fourth-order valence-electron chi connectivity index (χ4n) is 16.5. The number of esters is 4. The molecule has 6 saturated carbocycles. The predicted molar refractivity (Wildman–Crippen MR) is 274 cm³/mol. The molecule has 6 fully saturated rings. The number of hydrogen-bond donors (Lipinski definition) is 2. The summed E-state index contributed by atoms with van der Waals surface area (Å²) in [5, 5.41) is 0. The van der Waals surface area contributed by atoms with Gasteiger partial charge >= 0.3 is 83.0 Å². The molecule has 82 heavy (non-hydrogen) atoms. The van der Waals surface area contributed by atoms with Crippen LogP contribution in [0.25, 0.3) is 0 Å². The van der Waals surface area contributed by atoms with E-state index in [4.69, 9.17) is 28.0 Å². The Labute approximate surface area is 520 Å². The number of rotatable bonds is 16. The van der Waals surface area contributed by atoms with E-state index in [1.54, 1.807) is 69.2 Å². The number of allylic oxidation sites excluding steroid dienone is 8. The molecule has 2 N–H and O–H groups in total. The Hall–Kier alpha value is -2.40. The maximum Gasteiger partial charge on any atom is 1.00 e. The second-order valence-corrected chi connectivity index (χ2v) is 26.2. The van der Waals surface area contributed by atoms with Crippen LogP contribution < -0.4 is 68.9 Å². The Balaban J connectivity index is 0.000000293. The standard InChI is InChI=1S/2C28H38FO10P.2Na/c2*1-6-23(32)37-15-21(31)28(38-24(33)7-2)16(3)12-20-19-9-8-17-13-18(30)10-11-25(17,4)27(19,29)22(14-26(20,28)5)39-40(34,35)36;;/h2*10-11,13,16,19-20,22H,6-9,12,14-15H2,1-5H3,(H2,34,35,36);;/q;;2*+1/p-2/t2*16-,19-,20-,22-,25-,26-,27?,28-;;/m00../s1. The number of Topliss-reactive ketones (excluding diaryl/α,β-unsaturated/α-hetero) is 2. The first-order valence-corrected chi connectivity index (χ1v) is 30.5. The molecule has 0 heterocycles. The van der Waals surface area contributed by atoms with Gasteiger partial charge in [0.15, 0.2) is 47.3 Å². The number of halogens is 2. The molecule has 0 aromatic carbocycles. The summed E-state index contributed by atoms with van der Waals surface area (Å²) in [4.78, 5) is 145. The van der Waals surface area contributed by atoms with E-state index in [-0.39, 0.29) is 122 Å². The molecular weight excluding hydrogens is 1140 g/mol. The molecule has 18 atom stereocenters. The van der Waals surface area contributed by atoms with E-state index in [9.17, 15) is 67.1 Å². The van der Waals surface area contributed by atoms with Gasteiger partial charge in [0, 0.05) is 71.0 Å². The number of phosphoric ester groups is 2. The molecule has 0 radical (unpaired) electrons. The van der Waals surface area contributed by atoms with Crippen LogP contribution in [0.2, 0.25) is 0 Å². The fraction of sp³-hybridized carbons (Fsp3) is 0.714. The van der Waals surface area contributed by atoms with E-state index in [1.807, 2.05) is 0 Å². The van der Waals surface area contributed by atoms with Gasteiger partial charge in [-0.3, -0.25) is 47.5 Å². The molecule has 8 rings (SSSR count). The van der Waals surface area contributed by atoms with Gasteiger partial charge in [-0.2, -0.15) is 0 Å². The van der Waals surface area contributed by atoms with Gasteiger partial charge in [0.05, 0.1) is 0 Å². The summed E-state index contributed by atoms with van der Waals surface area (Å²) < 4.78 is 92.5. The van der Waals surface area contributed by atoms with E-state index in [0.717, 1.165) is 0 Å². The van der Waals surface area contributed by atoms with Gasteiger partial charge in [-0.25, -0.2) is 8.78 Å². The van der Waals surface area contributed by atoms with Gasteiger partial charge in [0.1, 0.15) is 12.2 Å². The van der Waals surface area contributed by atoms with Gasteiger partial charge in [-0.15, -0.1) is 0 Å². The minimum atomic E-state index is -5.50. The Kier molecular flexibility index (Phi) is 21.5. The quantitative estimate of drug-likeness (QED) is 0.0926. The number of carbonyl (C=O) groups excluding carboxylic acids is 8. The van der Waals surface area contributed by atoms with Crippen LogP contribution in [0.4, 0.5) is 8.78 Å². The molecule has 8 aliphatic rings. The van der Waals surface area contributed by atoms with E-state index < -0.39 is 169 Å². The first kappa shape index (κ1) is 70.4. The molecule has 444 valence electrons. The summed E-state index contributed by atoms with van der Waals surface area (Å²) in [5.41, 5.74) is -13.1. The van der Waals surface area contributed by atoms with Crippen LogP contribution in [0.3, 0.4) is 0 Å². The molecule has 20 nitrogen and oxygen atoms in total. The third kappa shape index (κ3) is 11.4. The molecule has 4 unspecified atom stereocenters. The summed E-state index contributed by atoms with van der Waals surface area (Å²) in [5.74, 6) is -8.86. The van der Waals surface area contributed by atoms with Crippen molar-refractivity contribution in [1.82, 2.24) is 0 Å². The zero-order valence-electron chi connectivity index (χ0n) is 48.9. The van der Waals surface area contributed by atoms with Crippen LogP contribution in [-0.4, -0.2) is 105 Å². The minimum Gasteiger partial charge on any atom is -0.756 e. The summed E-state index contributed by atoms with van der Waals surface area (Å²) in [6, 6.07) is 0. The average molecular weight is 1210 g/mol. The third-order valence-electron chi connectivity index (χ3n) is 20.1. The summed E-state index contributed by atoms with van der Waals surface area (Å²) in [7, 11) is -11.0. The van der Waals surface area contributed by atoms with Crippen molar-refractivity contribution >= 4 is 62.7 Å². The van der Waals surface area contributed by atoms with Crippen LogP contribution >= 0.6 is 15.6 Å². The van der Waals surface area contributed by atoms with Crippen LogP contribution in [0.15, 0.2) is 47.6 Å². The number of phosphoric acid groups is 2. The van der Waals surface area contributed by atoms with Crippen LogP contribution in [-0.2, 0) is 75.5 Å². The normalized spacial score (nSPS) is 40.6. The average Bonchev–Trinajstić information content (AvgIpc) is 2.84. The molecule has 0 aromatic rings. The zero-order valence-corrected chi connectivity index (χ0v) is 54.7. The van der Waals surface area contributed by atoms with Crippen molar-refractivity contribution < 1.29 is 163 Å². The maximum absolute atomic E-state index is 17.9. The van der Waals surface area contributed by atoms with E-state index in [1.165, 1.54) is 36.5 Å². The smallest absolute Gasteiger partial charge is 0.756 e. The molecular formula is C56H74F2Na2O20P2. The Morgan fingerprint density at radius 3 is 1.20 bits per heavy atom. The van der Waals surface area contributed by atoms with Gasteiger partial charge in [-0.05, 0) is 101 Å². The SMILES string of the molecule is CCC(=O)OCC(=O)[C@@]1(OC(=O)CC)[C@@H](C)C[C@H]2[C@@H]3CCC4=CC(=O)C=C[C@]4(C)C3(F)[C@@H](OP(=O)([O-])O)C[C@@]21C.CCC(=O)OCC(=O)[C@@]1(OC(=O)CC)[C@@H](C)C[C@H]2[C@@H]3CCC4=CC(=O)C=C[C@]4(C)C3(F)[C@@H](OP(=O)([O-])O)C[C@@]21C.[Na+].[Na+]. The van der Waals surface area contributed by atoms with Crippen molar-refractivity contribution in [3.05, 3.63) is 47.6 Å². The summed E-state index contributed by atoms with van der Waals surface area (Å²) in [6.45, 7) is 14.8. The van der Waals surface area contributed by atoms with E-state index >= 15 is 8.78 Å². The number of carbonyl (C=O) groups is 8. The van der Waals surface area contributed by atoms with Gasteiger partial charge < -0.3 is 47.6 Å². The molecule has 0 spiro atoms. The van der Waals surface area contributed by atoms with Crippen molar-refractivity contribution in [1.29, 1.82) is 0 Å². The molecule has 0 aliphatic heterocycles. The first-order valence-electron chi connectivity index (χ1n) is 27.5. The Morgan fingerprint density at radius 1 is 0.585 bits per heavy atom. The van der Waals surface area contributed by atoms with Crippen LogP contribution in [0.5, 0.6) is 0 Å². The van der Waals surface area contributed by atoms with E-state index in [0.29, 0.717) is 24.0 Å². The fourth-order valence-corrected chi connectivity index (χ4v) is 17.6. The largest absolute Gasteiger partial charge is 1.00 e. The van der Waals surface area contributed by atoms with Gasteiger partial charge in [0.2, 0.25) is 11.6 Å². The Bertz CT molecular complexity index is 2650. The minimum absolute atomic E-state index is 0. The third-order valence-corrected chi connectivity index (χ3v) is 21.1. The second-order valence-electron chi connectivity index (χ2n) is 23.9. The molecule has 26 heteroatoms. The van der Waals surface area contributed by atoms with Crippen molar-refractivity contribution in [3.63, 3.8) is 0 Å². The molecule has 8 aliphatic carbocycles. The van der Waals surface area contributed by atoms with Gasteiger partial charge in [0.25, 0.3) is 15.6 Å². The summed E-state index contributed by atoms with van der Waals surface area (Å²) in [6.07, 6.45) is 5.20. The van der Waals surface area contributed by atoms with Crippen molar-refractivity contribution in [3.8, 4) is 0 Å². The van der Waals surface area contributed by atoms with Crippen molar-refractivity contribution in [2.24, 2.45) is 57.2 Å². The number of hydrogen-bond acceptors (Lipinski definition) is 18. The zero-order chi connectivity index (χ0) is 59.8. The van der Waals surface area contributed by atoms with E-state index in [2.05, 4.69) is 0 Å². The first-order chi connectivity index (χ1) is 37.0. The maximum atomic E-state index is 17.9. The molecule has 0 saturated heterocycles. The molecule has 0 amide bonds. The number of ether oxygens (including phenoxy) is 4. The van der Waals surface area contributed by atoms with Gasteiger partial charge in [-0.1, -0.05) is 78.7 Å².